The lowest BCUT2D eigenvalue weighted by Crippen LogP contribution is -2.51. The van der Waals surface area contributed by atoms with E-state index in [2.05, 4.69) is 19.9 Å². The number of hydrogen-bond donors (Lipinski definition) is 2. The van der Waals surface area contributed by atoms with Crippen molar-refractivity contribution in [1.29, 1.82) is 0 Å². The van der Waals surface area contributed by atoms with E-state index < -0.39 is 11.9 Å². The number of halogens is 1. The third-order valence-electron chi connectivity index (χ3n) is 4.53. The van der Waals surface area contributed by atoms with Gasteiger partial charge in [-0.1, -0.05) is 18.5 Å². The number of hydrogen-bond acceptors (Lipinski definition) is 6. The molecule has 1 fully saturated rings. The molecule has 130 valence electrons. The number of carboxylic acid groups (broad SMARTS) is 1. The molecule has 0 spiro atoms. The summed E-state index contributed by atoms with van der Waals surface area (Å²) in [5, 5.41) is 20.8. The van der Waals surface area contributed by atoms with Crippen molar-refractivity contribution in [2.75, 3.05) is 32.7 Å². The largest absolute Gasteiger partial charge is 0.465 e. The number of rotatable bonds is 4. The van der Waals surface area contributed by atoms with E-state index in [1.54, 1.807) is 6.07 Å². The summed E-state index contributed by atoms with van der Waals surface area (Å²) in [6, 6.07) is 1.64. The highest BCUT2D eigenvalue weighted by atomic mass is 35.5. The minimum absolute atomic E-state index is 0.207. The molecule has 0 aromatic carbocycles. The number of carbonyl (C=O) groups is 1. The molecule has 1 unspecified atom stereocenters. The summed E-state index contributed by atoms with van der Waals surface area (Å²) in [5.74, 6) is -1.75. The predicted molar refractivity (Wildman–Crippen MR) is 86.3 cm³/mol. The molecular formula is C15H20ClN5O3. The molecule has 1 saturated heterocycles. The monoisotopic (exact) mass is 353 g/mol. The maximum Gasteiger partial charge on any atom is 0.407 e. The Hall–Kier alpha value is -1.77. The highest BCUT2D eigenvalue weighted by molar-refractivity contribution is 6.30. The fraction of sp³-hybridized carbons (Fsp3) is 0.600. The van der Waals surface area contributed by atoms with Crippen LogP contribution in [-0.2, 0) is 0 Å². The Bertz CT molecular complexity index is 750. The molecular weight excluding hydrogens is 334 g/mol. The summed E-state index contributed by atoms with van der Waals surface area (Å²) in [6.07, 6.45) is 1.28. The highest BCUT2D eigenvalue weighted by Gasteiger charge is 2.39. The second-order valence-electron chi connectivity index (χ2n) is 6.08. The quantitative estimate of drug-likeness (QED) is 0.790. The van der Waals surface area contributed by atoms with Crippen molar-refractivity contribution in [1.82, 2.24) is 14.8 Å². The van der Waals surface area contributed by atoms with Crippen molar-refractivity contribution in [2.24, 2.45) is 15.9 Å². The number of piperazine rings is 1. The number of pyridine rings is 1. The van der Waals surface area contributed by atoms with Gasteiger partial charge in [0.15, 0.2) is 5.49 Å². The van der Waals surface area contributed by atoms with E-state index >= 15 is 0 Å². The number of nitrogens with zero attached hydrogens (tertiary/aromatic N) is 5. The lowest BCUT2D eigenvalue weighted by molar-refractivity contribution is -0.0248. The molecule has 2 aliphatic heterocycles. The van der Waals surface area contributed by atoms with Gasteiger partial charge in [0.05, 0.1) is 5.02 Å². The molecule has 1 aromatic heterocycles. The third kappa shape index (κ3) is 3.35. The SMILES string of the molecule is CC[C@H](CN1CCN(C(=O)O)CC1)C1(O)N=c2cc(Cl)cnc2=N1. The zero-order valence-corrected chi connectivity index (χ0v) is 14.1. The first-order valence-electron chi connectivity index (χ1n) is 7.95. The summed E-state index contributed by atoms with van der Waals surface area (Å²) in [7, 11) is 0. The number of aromatic nitrogens is 1. The first kappa shape index (κ1) is 17.1. The molecule has 2 aliphatic rings. The molecule has 0 bridgehead atoms. The van der Waals surface area contributed by atoms with Crippen molar-refractivity contribution in [3.8, 4) is 0 Å². The smallest absolute Gasteiger partial charge is 0.407 e. The average Bonchev–Trinajstić information content (AvgIpc) is 2.89. The Morgan fingerprint density at radius 2 is 2.08 bits per heavy atom. The van der Waals surface area contributed by atoms with Crippen LogP contribution in [0.4, 0.5) is 4.79 Å². The standard InChI is InChI=1S/C15H20ClN5O3/c1-2-10(9-20-3-5-21(6-4-20)14(22)23)15(24)18-12-7-11(16)8-17-13(12)19-15/h7-8,10,24H,2-6,9H2,1H3,(H,22,23)/t10-,15?/m1/s1. The molecule has 0 saturated carbocycles. The van der Waals surface area contributed by atoms with E-state index in [0.717, 1.165) is 0 Å². The van der Waals surface area contributed by atoms with Crippen LogP contribution in [0.3, 0.4) is 0 Å². The number of amides is 1. The van der Waals surface area contributed by atoms with Gasteiger partial charge in [0.2, 0.25) is 0 Å². The lowest BCUT2D eigenvalue weighted by atomic mass is 9.99. The zero-order chi connectivity index (χ0) is 17.3. The molecule has 0 aliphatic carbocycles. The minimum Gasteiger partial charge on any atom is -0.465 e. The van der Waals surface area contributed by atoms with Gasteiger partial charge < -0.3 is 15.1 Å². The summed E-state index contributed by atoms with van der Waals surface area (Å²) >= 11 is 5.92. The van der Waals surface area contributed by atoms with Gasteiger partial charge in [0, 0.05) is 44.8 Å². The van der Waals surface area contributed by atoms with Gasteiger partial charge in [-0.25, -0.2) is 19.8 Å². The fourth-order valence-electron chi connectivity index (χ4n) is 3.09. The number of fused-ring (bicyclic) bond motifs is 1. The predicted octanol–water partition coefficient (Wildman–Crippen LogP) is -0.0443. The first-order chi connectivity index (χ1) is 11.4. The van der Waals surface area contributed by atoms with Crippen LogP contribution in [0.1, 0.15) is 13.3 Å². The van der Waals surface area contributed by atoms with Crippen LogP contribution in [0.25, 0.3) is 0 Å². The van der Waals surface area contributed by atoms with Crippen molar-refractivity contribution < 1.29 is 15.0 Å². The van der Waals surface area contributed by atoms with E-state index in [0.29, 0.717) is 55.0 Å². The van der Waals surface area contributed by atoms with Gasteiger partial charge in [-0.05, 0) is 12.5 Å². The Morgan fingerprint density at radius 3 is 2.71 bits per heavy atom. The van der Waals surface area contributed by atoms with Gasteiger partial charge >= 0.3 is 6.09 Å². The van der Waals surface area contributed by atoms with E-state index in [1.807, 2.05) is 6.92 Å². The Labute approximate surface area is 144 Å². The number of aliphatic hydroxyl groups is 1. The Kier molecular flexibility index (Phi) is 4.71. The molecule has 3 heterocycles. The maximum atomic E-state index is 11.0. The summed E-state index contributed by atoms with van der Waals surface area (Å²) < 4.78 is 0. The average molecular weight is 354 g/mol. The molecule has 8 nitrogen and oxygen atoms in total. The van der Waals surface area contributed by atoms with Crippen molar-refractivity contribution in [3.63, 3.8) is 0 Å². The van der Waals surface area contributed by atoms with Crippen molar-refractivity contribution in [2.45, 2.75) is 19.2 Å². The van der Waals surface area contributed by atoms with E-state index in [-0.39, 0.29) is 5.92 Å². The van der Waals surface area contributed by atoms with E-state index in [9.17, 15) is 9.90 Å². The molecule has 3 rings (SSSR count). The van der Waals surface area contributed by atoms with E-state index in [4.69, 9.17) is 16.7 Å². The molecule has 24 heavy (non-hydrogen) atoms. The molecule has 2 N–H and O–H groups in total. The molecule has 1 aromatic rings. The second kappa shape index (κ2) is 6.62. The van der Waals surface area contributed by atoms with Gasteiger partial charge in [-0.2, -0.15) is 0 Å². The topological polar surface area (TPSA) is 102 Å². The van der Waals surface area contributed by atoms with Crippen LogP contribution in [0, 0.1) is 5.92 Å². The second-order valence-corrected chi connectivity index (χ2v) is 6.52. The summed E-state index contributed by atoms with van der Waals surface area (Å²) in [4.78, 5) is 27.2. The summed E-state index contributed by atoms with van der Waals surface area (Å²) in [5.41, 5.74) is 0.399. The minimum atomic E-state index is -1.54. The van der Waals surface area contributed by atoms with Gasteiger partial charge in [0.25, 0.3) is 5.85 Å². The molecule has 1 amide bonds. The molecule has 2 atom stereocenters. The maximum absolute atomic E-state index is 11.0. The van der Waals surface area contributed by atoms with Crippen LogP contribution in [0.5, 0.6) is 0 Å². The summed E-state index contributed by atoms with van der Waals surface area (Å²) in [6.45, 7) is 4.78. The Balaban J connectivity index is 1.72. The molecule has 9 heteroatoms. The van der Waals surface area contributed by atoms with Crippen molar-refractivity contribution in [3.05, 3.63) is 28.1 Å². The fourth-order valence-corrected chi connectivity index (χ4v) is 3.24. The van der Waals surface area contributed by atoms with Gasteiger partial charge in [-0.15, -0.1) is 0 Å². The van der Waals surface area contributed by atoms with Gasteiger partial charge in [0.1, 0.15) is 5.36 Å². The van der Waals surface area contributed by atoms with Crippen LogP contribution in [0.2, 0.25) is 5.02 Å². The van der Waals surface area contributed by atoms with E-state index in [1.165, 1.54) is 11.1 Å². The van der Waals surface area contributed by atoms with Crippen LogP contribution in [-0.4, -0.2) is 69.7 Å². The third-order valence-corrected chi connectivity index (χ3v) is 4.74. The lowest BCUT2D eigenvalue weighted by Gasteiger charge is -2.37. The van der Waals surface area contributed by atoms with Crippen LogP contribution in [0.15, 0.2) is 22.2 Å². The van der Waals surface area contributed by atoms with Crippen molar-refractivity contribution >= 4 is 17.7 Å². The first-order valence-corrected chi connectivity index (χ1v) is 8.33. The highest BCUT2D eigenvalue weighted by Crippen LogP contribution is 2.26. The zero-order valence-electron chi connectivity index (χ0n) is 13.4. The normalized spacial score (nSPS) is 24.9. The van der Waals surface area contributed by atoms with Crippen LogP contribution >= 0.6 is 11.6 Å². The van der Waals surface area contributed by atoms with Crippen LogP contribution < -0.4 is 10.8 Å². The van der Waals surface area contributed by atoms with Gasteiger partial charge in [-0.3, -0.25) is 4.90 Å². The molecule has 0 radical (unpaired) electrons. The Morgan fingerprint density at radius 1 is 1.38 bits per heavy atom.